The van der Waals surface area contributed by atoms with Gasteiger partial charge in [-0.3, -0.25) is 4.79 Å². The molecule has 2 aromatic carbocycles. The summed E-state index contributed by atoms with van der Waals surface area (Å²) in [6.07, 6.45) is 0. The smallest absolute Gasteiger partial charge is 0.173 e. The van der Waals surface area contributed by atoms with E-state index in [4.69, 9.17) is 9.47 Å². The van der Waals surface area contributed by atoms with Gasteiger partial charge >= 0.3 is 0 Å². The first-order valence-electron chi connectivity index (χ1n) is 6.19. The Hall–Kier alpha value is -2.29. The summed E-state index contributed by atoms with van der Waals surface area (Å²) < 4.78 is 11.1. The molecule has 1 aliphatic heterocycles. The Kier molecular flexibility index (Phi) is 2.75. The molecule has 3 nitrogen and oxygen atoms in total. The molecule has 3 heteroatoms. The highest BCUT2D eigenvalue weighted by Crippen LogP contribution is 2.40. The van der Waals surface area contributed by atoms with Gasteiger partial charge in [-0.25, -0.2) is 0 Å². The van der Waals surface area contributed by atoms with Gasteiger partial charge < -0.3 is 9.47 Å². The first-order chi connectivity index (χ1) is 9.20. The van der Waals surface area contributed by atoms with Crippen molar-refractivity contribution < 1.29 is 14.3 Å². The van der Waals surface area contributed by atoms with E-state index in [1.54, 1.807) is 13.2 Å². The summed E-state index contributed by atoms with van der Waals surface area (Å²) in [7, 11) is 1.61. The molecule has 0 radical (unpaired) electrons. The number of ether oxygens (including phenoxy) is 2. The van der Waals surface area contributed by atoms with Crippen LogP contribution in [0.25, 0.3) is 0 Å². The Labute approximate surface area is 111 Å². The van der Waals surface area contributed by atoms with E-state index in [0.29, 0.717) is 17.1 Å². The summed E-state index contributed by atoms with van der Waals surface area (Å²) in [5.41, 5.74) is 1.49. The van der Waals surface area contributed by atoms with Crippen molar-refractivity contribution in [1.29, 1.82) is 0 Å². The van der Waals surface area contributed by atoms with Crippen LogP contribution in [0.2, 0.25) is 0 Å². The van der Waals surface area contributed by atoms with Crippen LogP contribution >= 0.6 is 0 Å². The molecule has 0 fully saturated rings. The molecule has 0 aliphatic carbocycles. The Balaban J connectivity index is 2.19. The molecule has 0 spiro atoms. The van der Waals surface area contributed by atoms with Gasteiger partial charge in [0.25, 0.3) is 0 Å². The highest BCUT2D eigenvalue weighted by molar-refractivity contribution is 6.04. The van der Waals surface area contributed by atoms with Crippen molar-refractivity contribution in [3.63, 3.8) is 0 Å². The van der Waals surface area contributed by atoms with Gasteiger partial charge in [0.1, 0.15) is 17.2 Å². The molecule has 0 bridgehead atoms. The van der Waals surface area contributed by atoms with E-state index in [-0.39, 0.29) is 11.7 Å². The predicted molar refractivity (Wildman–Crippen MR) is 72.3 cm³/mol. The number of ketones is 1. The van der Waals surface area contributed by atoms with E-state index < -0.39 is 0 Å². The largest absolute Gasteiger partial charge is 0.497 e. The Morgan fingerprint density at radius 2 is 1.89 bits per heavy atom. The average molecular weight is 254 g/mol. The minimum atomic E-state index is -0.242. The van der Waals surface area contributed by atoms with Crippen LogP contribution in [0.15, 0.2) is 42.5 Å². The number of carbonyl (C=O) groups is 1. The van der Waals surface area contributed by atoms with Crippen molar-refractivity contribution in [2.24, 2.45) is 0 Å². The Morgan fingerprint density at radius 3 is 2.68 bits per heavy atom. The molecule has 2 aromatic rings. The summed E-state index contributed by atoms with van der Waals surface area (Å²) in [5.74, 6) is 1.89. The molecule has 0 amide bonds. The number of para-hydroxylation sites is 1. The monoisotopic (exact) mass is 254 g/mol. The number of benzene rings is 2. The fraction of sp³-hybridized carbons (Fsp3) is 0.188. The van der Waals surface area contributed by atoms with Crippen molar-refractivity contribution in [2.45, 2.75) is 12.8 Å². The summed E-state index contributed by atoms with van der Waals surface area (Å²) >= 11 is 0. The molecule has 1 aliphatic rings. The van der Waals surface area contributed by atoms with Crippen LogP contribution in [0.3, 0.4) is 0 Å². The molecular formula is C16H14O3. The maximum atomic E-state index is 12.5. The van der Waals surface area contributed by atoms with Gasteiger partial charge in [-0.15, -0.1) is 0 Å². The van der Waals surface area contributed by atoms with Crippen LogP contribution in [-0.2, 0) is 0 Å². The Morgan fingerprint density at radius 1 is 1.11 bits per heavy atom. The van der Waals surface area contributed by atoms with Crippen molar-refractivity contribution >= 4 is 5.78 Å². The van der Waals surface area contributed by atoms with Gasteiger partial charge in [-0.1, -0.05) is 19.1 Å². The third-order valence-corrected chi connectivity index (χ3v) is 3.45. The number of methoxy groups -OCH3 is 1. The lowest BCUT2D eigenvalue weighted by atomic mass is 9.92. The first-order valence-corrected chi connectivity index (χ1v) is 6.19. The lowest BCUT2D eigenvalue weighted by molar-refractivity contribution is 0.0967. The second-order valence-corrected chi connectivity index (χ2v) is 4.59. The minimum absolute atomic E-state index is 0.0719. The fourth-order valence-electron chi connectivity index (χ4n) is 2.34. The SMILES string of the molecule is COc1ccc2c(c1)C(C)C(=O)c1ccccc1O2. The number of carbonyl (C=O) groups excluding carboxylic acids is 1. The van der Waals surface area contributed by atoms with Crippen LogP contribution < -0.4 is 9.47 Å². The van der Waals surface area contributed by atoms with Gasteiger partial charge in [0.2, 0.25) is 0 Å². The normalized spacial score (nSPS) is 16.9. The second kappa shape index (κ2) is 4.43. The minimum Gasteiger partial charge on any atom is -0.497 e. The third-order valence-electron chi connectivity index (χ3n) is 3.45. The van der Waals surface area contributed by atoms with Crippen LogP contribution in [0.1, 0.15) is 28.8 Å². The van der Waals surface area contributed by atoms with E-state index in [0.717, 1.165) is 11.3 Å². The molecule has 96 valence electrons. The topological polar surface area (TPSA) is 35.5 Å². The van der Waals surface area contributed by atoms with E-state index in [1.807, 2.05) is 43.3 Å². The molecule has 1 heterocycles. The van der Waals surface area contributed by atoms with Crippen LogP contribution in [-0.4, -0.2) is 12.9 Å². The maximum absolute atomic E-state index is 12.5. The van der Waals surface area contributed by atoms with E-state index in [2.05, 4.69) is 0 Å². The summed E-state index contributed by atoms with van der Waals surface area (Å²) in [6.45, 7) is 1.89. The number of rotatable bonds is 1. The van der Waals surface area contributed by atoms with E-state index >= 15 is 0 Å². The third kappa shape index (κ3) is 1.87. The number of hydrogen-bond donors (Lipinski definition) is 0. The second-order valence-electron chi connectivity index (χ2n) is 4.59. The van der Waals surface area contributed by atoms with Gasteiger partial charge in [-0.05, 0) is 30.3 Å². The van der Waals surface area contributed by atoms with Gasteiger partial charge in [0.15, 0.2) is 5.78 Å². The van der Waals surface area contributed by atoms with Crippen LogP contribution in [0.4, 0.5) is 0 Å². The molecule has 0 aromatic heterocycles. The summed E-state index contributed by atoms with van der Waals surface area (Å²) in [5, 5.41) is 0. The van der Waals surface area contributed by atoms with Gasteiger partial charge in [0.05, 0.1) is 12.7 Å². The quantitative estimate of drug-likeness (QED) is 0.776. The lowest BCUT2D eigenvalue weighted by Gasteiger charge is -2.12. The van der Waals surface area contributed by atoms with Gasteiger partial charge in [0, 0.05) is 11.5 Å². The van der Waals surface area contributed by atoms with Crippen LogP contribution in [0, 0.1) is 0 Å². The van der Waals surface area contributed by atoms with Gasteiger partial charge in [-0.2, -0.15) is 0 Å². The summed E-state index contributed by atoms with van der Waals surface area (Å²) in [6, 6.07) is 12.9. The molecular weight excluding hydrogens is 240 g/mol. The predicted octanol–water partition coefficient (Wildman–Crippen LogP) is 3.79. The number of Topliss-reactive ketones (excluding diaryl/α,β-unsaturated/α-hetero) is 1. The molecule has 0 saturated carbocycles. The number of fused-ring (bicyclic) bond motifs is 2. The van der Waals surface area contributed by atoms with Crippen LogP contribution in [0.5, 0.6) is 17.2 Å². The zero-order valence-corrected chi connectivity index (χ0v) is 10.8. The molecule has 1 atom stereocenters. The van der Waals surface area contributed by atoms with Crippen molar-refractivity contribution in [3.05, 3.63) is 53.6 Å². The Bertz CT molecular complexity index is 646. The van der Waals surface area contributed by atoms with Crippen molar-refractivity contribution in [1.82, 2.24) is 0 Å². The highest BCUT2D eigenvalue weighted by atomic mass is 16.5. The zero-order valence-electron chi connectivity index (χ0n) is 10.8. The number of hydrogen-bond acceptors (Lipinski definition) is 3. The standard InChI is InChI=1S/C16H14O3/c1-10-13-9-11(18-2)7-8-15(13)19-14-6-4-3-5-12(14)16(10)17/h3-10H,1-2H3. The molecule has 0 saturated heterocycles. The van der Waals surface area contributed by atoms with Crippen molar-refractivity contribution in [3.8, 4) is 17.2 Å². The molecule has 1 unspecified atom stereocenters. The van der Waals surface area contributed by atoms with E-state index in [1.165, 1.54) is 0 Å². The lowest BCUT2D eigenvalue weighted by Crippen LogP contribution is -2.08. The van der Waals surface area contributed by atoms with E-state index in [9.17, 15) is 4.79 Å². The van der Waals surface area contributed by atoms with Crippen molar-refractivity contribution in [2.75, 3.05) is 7.11 Å². The summed E-state index contributed by atoms with van der Waals surface area (Å²) in [4.78, 5) is 12.5. The average Bonchev–Trinajstić information content (AvgIpc) is 2.56. The molecule has 19 heavy (non-hydrogen) atoms. The fourth-order valence-corrected chi connectivity index (χ4v) is 2.34. The highest BCUT2D eigenvalue weighted by Gasteiger charge is 2.27. The molecule has 0 N–H and O–H groups in total. The maximum Gasteiger partial charge on any atom is 0.173 e. The molecule has 3 rings (SSSR count). The first kappa shape index (κ1) is 11.8. The zero-order chi connectivity index (χ0) is 13.4.